The van der Waals surface area contributed by atoms with Crippen molar-refractivity contribution in [2.24, 2.45) is 5.92 Å². The van der Waals surface area contributed by atoms with E-state index in [0.29, 0.717) is 6.54 Å². The topological polar surface area (TPSA) is 74.3 Å². The molecule has 2 aliphatic heterocycles. The van der Waals surface area contributed by atoms with Crippen molar-refractivity contribution in [3.8, 4) is 0 Å². The molecule has 1 saturated heterocycles. The van der Waals surface area contributed by atoms with Crippen molar-refractivity contribution in [2.45, 2.75) is 71.3 Å². The number of aromatic nitrogens is 1. The number of carbonyl (C=O) groups is 2. The van der Waals surface area contributed by atoms with Crippen molar-refractivity contribution in [2.75, 3.05) is 25.0 Å². The minimum absolute atomic E-state index is 0.00255. The van der Waals surface area contributed by atoms with Crippen LogP contribution in [0.25, 0.3) is 0 Å². The van der Waals surface area contributed by atoms with Gasteiger partial charge in [0.25, 0.3) is 0 Å². The number of amides is 2. The molecule has 1 fully saturated rings. The summed E-state index contributed by atoms with van der Waals surface area (Å²) in [4.78, 5) is 34.1. The van der Waals surface area contributed by atoms with Gasteiger partial charge in [0, 0.05) is 48.7 Å². The van der Waals surface area contributed by atoms with Crippen molar-refractivity contribution >= 4 is 28.2 Å². The summed E-state index contributed by atoms with van der Waals surface area (Å²) < 4.78 is 0. The molecule has 0 spiro atoms. The number of likely N-dealkylation sites (tertiary alicyclic amines) is 1. The number of pyridine rings is 1. The molecule has 39 heavy (non-hydrogen) atoms. The van der Waals surface area contributed by atoms with Gasteiger partial charge in [0.1, 0.15) is 0 Å². The molecule has 6 nitrogen and oxygen atoms in total. The second kappa shape index (κ2) is 11.1. The number of hydrogen-bond acceptors (Lipinski definition) is 5. The summed E-state index contributed by atoms with van der Waals surface area (Å²) >= 11 is 1.67. The Hall–Kier alpha value is -3.19. The Balaban J connectivity index is 1.42. The van der Waals surface area contributed by atoms with E-state index in [4.69, 9.17) is 0 Å². The van der Waals surface area contributed by atoms with Crippen LogP contribution >= 0.6 is 11.3 Å². The molecule has 5 rings (SSSR count). The first-order valence-electron chi connectivity index (χ1n) is 14.1. The Labute approximate surface area is 236 Å². The van der Waals surface area contributed by atoms with Gasteiger partial charge in [-0.25, -0.2) is 0 Å². The summed E-state index contributed by atoms with van der Waals surface area (Å²) in [6.07, 6.45) is 6.49. The molecular formula is C32H40N4O2S. The van der Waals surface area contributed by atoms with Crippen LogP contribution in [0.3, 0.4) is 0 Å². The molecule has 3 aromatic rings. The summed E-state index contributed by atoms with van der Waals surface area (Å²) in [7, 11) is 0. The normalized spacial score (nSPS) is 19.5. The van der Waals surface area contributed by atoms with Crippen LogP contribution < -0.4 is 10.6 Å². The molecule has 2 unspecified atom stereocenters. The number of rotatable bonds is 8. The first-order chi connectivity index (χ1) is 18.6. The molecule has 2 N–H and O–H groups in total. The average molecular weight is 545 g/mol. The van der Waals surface area contributed by atoms with Gasteiger partial charge in [-0.1, -0.05) is 36.2 Å². The van der Waals surface area contributed by atoms with E-state index in [1.54, 1.807) is 23.7 Å². The van der Waals surface area contributed by atoms with Crippen LogP contribution in [0.2, 0.25) is 0 Å². The quantitative estimate of drug-likeness (QED) is 0.370. The van der Waals surface area contributed by atoms with Gasteiger partial charge < -0.3 is 15.5 Å². The average Bonchev–Trinajstić information content (AvgIpc) is 3.64. The third kappa shape index (κ3) is 5.60. The van der Waals surface area contributed by atoms with Crippen LogP contribution in [0.15, 0.2) is 48.8 Å². The maximum absolute atomic E-state index is 13.5. The third-order valence-corrected chi connectivity index (χ3v) is 9.73. The van der Waals surface area contributed by atoms with Gasteiger partial charge in [0.2, 0.25) is 11.8 Å². The van der Waals surface area contributed by atoms with Gasteiger partial charge in [-0.15, -0.1) is 11.3 Å². The highest BCUT2D eigenvalue weighted by Gasteiger charge is 2.44. The summed E-state index contributed by atoms with van der Waals surface area (Å²) in [5.74, 6) is -0.0332. The number of nitrogens with zero attached hydrogens (tertiary/aromatic N) is 2. The summed E-state index contributed by atoms with van der Waals surface area (Å²) in [5, 5.41) is 8.04. The highest BCUT2D eigenvalue weighted by molar-refractivity contribution is 7.16. The summed E-state index contributed by atoms with van der Waals surface area (Å²) in [6, 6.07) is 12.8. The van der Waals surface area contributed by atoms with Crippen LogP contribution in [-0.2, 0) is 21.4 Å². The molecule has 0 saturated carbocycles. The second-order valence-corrected chi connectivity index (χ2v) is 12.8. The molecule has 0 bridgehead atoms. The largest absolute Gasteiger partial charge is 0.369 e. The lowest BCUT2D eigenvalue weighted by atomic mass is 9.80. The second-order valence-electron chi connectivity index (χ2n) is 11.8. The Kier molecular flexibility index (Phi) is 7.81. The van der Waals surface area contributed by atoms with Crippen LogP contribution in [0.4, 0.5) is 5.00 Å². The highest BCUT2D eigenvalue weighted by atomic mass is 32.1. The Morgan fingerprint density at radius 1 is 1.10 bits per heavy atom. The monoisotopic (exact) mass is 544 g/mol. The fourth-order valence-corrected chi connectivity index (χ4v) is 7.39. The molecule has 0 aliphatic carbocycles. The van der Waals surface area contributed by atoms with E-state index < -0.39 is 5.41 Å². The zero-order valence-electron chi connectivity index (χ0n) is 23.7. The van der Waals surface area contributed by atoms with Gasteiger partial charge in [-0.2, -0.15) is 0 Å². The lowest BCUT2D eigenvalue weighted by Gasteiger charge is -2.29. The van der Waals surface area contributed by atoms with Crippen molar-refractivity contribution in [3.63, 3.8) is 0 Å². The minimum atomic E-state index is -0.600. The van der Waals surface area contributed by atoms with Gasteiger partial charge in [-0.05, 0) is 81.8 Å². The number of benzene rings is 1. The maximum atomic E-state index is 13.5. The molecule has 206 valence electrons. The van der Waals surface area contributed by atoms with Gasteiger partial charge in [0.05, 0.1) is 16.5 Å². The first kappa shape index (κ1) is 27.4. The number of aryl methyl sites for hydroxylation is 2. The van der Waals surface area contributed by atoms with Crippen LogP contribution in [0, 0.1) is 19.8 Å². The van der Waals surface area contributed by atoms with E-state index in [1.807, 2.05) is 37.8 Å². The molecule has 3 atom stereocenters. The maximum Gasteiger partial charge on any atom is 0.233 e. The molecule has 2 aliphatic rings. The number of thiophene rings is 1. The van der Waals surface area contributed by atoms with Crippen LogP contribution in [0.1, 0.15) is 78.3 Å². The lowest BCUT2D eigenvalue weighted by molar-refractivity contribution is -0.135. The number of anilines is 1. The van der Waals surface area contributed by atoms with E-state index in [1.165, 1.54) is 16.7 Å². The summed E-state index contributed by atoms with van der Waals surface area (Å²) in [6.45, 7) is 12.6. The van der Waals surface area contributed by atoms with Crippen molar-refractivity contribution < 1.29 is 9.59 Å². The predicted octanol–water partition coefficient (Wildman–Crippen LogP) is 5.91. The van der Waals surface area contributed by atoms with E-state index >= 15 is 0 Å². The van der Waals surface area contributed by atoms with Crippen molar-refractivity contribution in [1.29, 1.82) is 0 Å². The summed E-state index contributed by atoms with van der Waals surface area (Å²) in [5.41, 5.74) is 5.34. The molecule has 2 aromatic heterocycles. The molecule has 1 aromatic carbocycles. The van der Waals surface area contributed by atoms with E-state index in [0.717, 1.165) is 53.4 Å². The Morgan fingerprint density at radius 2 is 1.77 bits per heavy atom. The van der Waals surface area contributed by atoms with Crippen molar-refractivity contribution in [1.82, 2.24) is 15.2 Å². The van der Waals surface area contributed by atoms with Gasteiger partial charge >= 0.3 is 0 Å². The Bertz CT molecular complexity index is 1320. The number of hydrogen-bond donors (Lipinski definition) is 2. The minimum Gasteiger partial charge on any atom is -0.369 e. The van der Waals surface area contributed by atoms with E-state index in [9.17, 15) is 9.59 Å². The fraction of sp³-hybridized carbons (Fsp3) is 0.469. The number of nitrogens with one attached hydrogen (secondary N) is 2. The number of fused-ring (bicyclic) bond motifs is 1. The molecule has 7 heteroatoms. The SMILES string of the molecule is Cc1cc(C)cc(C2Nc3sc(C(C)(C)C(=O)N4CCCC4)cc3C2[C@H](C)C(=O)NCCc2ccncc2)c1. The molecule has 2 amide bonds. The van der Waals surface area contributed by atoms with Crippen LogP contribution in [0.5, 0.6) is 0 Å². The fourth-order valence-electron chi connectivity index (χ4n) is 6.15. The van der Waals surface area contributed by atoms with Gasteiger partial charge in [-0.3, -0.25) is 14.6 Å². The standard InChI is InChI=1S/C32H40N4O2S/c1-20-16-21(2)18-24(17-20)28-27(22(3)29(37)34-13-10-23-8-11-33-12-9-23)25-19-26(39-30(25)35-28)32(4,5)31(38)36-14-6-7-15-36/h8-9,11-12,16-19,22,27-28,35H,6-7,10,13-15H2,1-5H3,(H,34,37)/t22-,27?,28?/m0/s1. The predicted molar refractivity (Wildman–Crippen MR) is 158 cm³/mol. The van der Waals surface area contributed by atoms with Crippen LogP contribution in [-0.4, -0.2) is 41.3 Å². The molecule has 0 radical (unpaired) electrons. The van der Waals surface area contributed by atoms with Gasteiger partial charge in [0.15, 0.2) is 0 Å². The molecular weight excluding hydrogens is 504 g/mol. The molecule has 4 heterocycles. The zero-order chi connectivity index (χ0) is 27.7. The highest BCUT2D eigenvalue weighted by Crippen LogP contribution is 2.53. The number of carbonyl (C=O) groups excluding carboxylic acids is 2. The zero-order valence-corrected chi connectivity index (χ0v) is 24.5. The van der Waals surface area contributed by atoms with E-state index in [2.05, 4.69) is 53.7 Å². The first-order valence-corrected chi connectivity index (χ1v) is 14.9. The lowest BCUT2D eigenvalue weighted by Crippen LogP contribution is -2.41. The smallest absolute Gasteiger partial charge is 0.233 e. The van der Waals surface area contributed by atoms with E-state index in [-0.39, 0.29) is 29.7 Å². The third-order valence-electron chi connectivity index (χ3n) is 8.33. The Morgan fingerprint density at radius 3 is 2.44 bits per heavy atom. The van der Waals surface area contributed by atoms with Crippen molar-refractivity contribution in [3.05, 3.63) is 81.5 Å².